The van der Waals surface area contributed by atoms with Crippen molar-refractivity contribution in [1.29, 1.82) is 0 Å². The molecule has 2 rings (SSSR count). The standard InChI is InChI=1S/C16H19N/c1-13-7-9-14(10-8-13)11-15-5-4-6-16(12-15)17(2)3/h4-10,12H,11H2,1-3H3. The molecule has 0 amide bonds. The van der Waals surface area contributed by atoms with Crippen LogP contribution in [0.4, 0.5) is 5.69 Å². The van der Waals surface area contributed by atoms with Crippen molar-refractivity contribution in [3.8, 4) is 0 Å². The molecule has 2 aromatic carbocycles. The number of hydrogen-bond donors (Lipinski definition) is 0. The van der Waals surface area contributed by atoms with Crippen LogP contribution in [0.1, 0.15) is 16.7 Å². The van der Waals surface area contributed by atoms with E-state index in [2.05, 4.69) is 74.4 Å². The minimum absolute atomic E-state index is 1.00. The predicted octanol–water partition coefficient (Wildman–Crippen LogP) is 3.65. The predicted molar refractivity (Wildman–Crippen MR) is 74.8 cm³/mol. The van der Waals surface area contributed by atoms with E-state index < -0.39 is 0 Å². The summed E-state index contributed by atoms with van der Waals surface area (Å²) in [7, 11) is 4.15. The highest BCUT2D eigenvalue weighted by atomic mass is 15.1. The van der Waals surface area contributed by atoms with Crippen LogP contribution in [-0.2, 0) is 6.42 Å². The topological polar surface area (TPSA) is 3.24 Å². The summed E-state index contributed by atoms with van der Waals surface area (Å²) in [5.74, 6) is 0. The van der Waals surface area contributed by atoms with Crippen LogP contribution in [0, 0.1) is 6.92 Å². The maximum atomic E-state index is 2.25. The molecule has 0 unspecified atom stereocenters. The Bertz CT molecular complexity index is 483. The zero-order valence-corrected chi connectivity index (χ0v) is 10.8. The van der Waals surface area contributed by atoms with Crippen molar-refractivity contribution in [2.75, 3.05) is 19.0 Å². The number of benzene rings is 2. The van der Waals surface area contributed by atoms with Gasteiger partial charge in [-0.25, -0.2) is 0 Å². The van der Waals surface area contributed by atoms with E-state index in [1.54, 1.807) is 0 Å². The highest BCUT2D eigenvalue weighted by Crippen LogP contribution is 2.16. The largest absolute Gasteiger partial charge is 0.378 e. The molecule has 0 saturated carbocycles. The Kier molecular flexibility index (Phi) is 3.48. The molecule has 2 aromatic rings. The Morgan fingerprint density at radius 1 is 0.882 bits per heavy atom. The maximum absolute atomic E-state index is 2.25. The summed E-state index contributed by atoms with van der Waals surface area (Å²) in [6.45, 7) is 2.12. The molecular weight excluding hydrogens is 206 g/mol. The molecule has 0 aliphatic rings. The molecule has 17 heavy (non-hydrogen) atoms. The highest BCUT2D eigenvalue weighted by Gasteiger charge is 1.99. The van der Waals surface area contributed by atoms with Gasteiger partial charge in [-0.05, 0) is 36.6 Å². The summed E-state index contributed by atoms with van der Waals surface area (Å²) in [4.78, 5) is 2.14. The third-order valence-corrected chi connectivity index (χ3v) is 2.96. The Balaban J connectivity index is 2.18. The molecule has 88 valence electrons. The van der Waals surface area contributed by atoms with Gasteiger partial charge in [-0.1, -0.05) is 42.0 Å². The van der Waals surface area contributed by atoms with Crippen LogP contribution in [0.25, 0.3) is 0 Å². The van der Waals surface area contributed by atoms with Crippen molar-refractivity contribution in [3.63, 3.8) is 0 Å². The molecule has 0 aliphatic carbocycles. The lowest BCUT2D eigenvalue weighted by molar-refractivity contribution is 1.11. The SMILES string of the molecule is Cc1ccc(Cc2cccc(N(C)C)c2)cc1. The minimum atomic E-state index is 1.00. The second kappa shape index (κ2) is 5.05. The van der Waals surface area contributed by atoms with Crippen molar-refractivity contribution in [1.82, 2.24) is 0 Å². The third kappa shape index (κ3) is 3.10. The van der Waals surface area contributed by atoms with Crippen LogP contribution in [0.3, 0.4) is 0 Å². The van der Waals surface area contributed by atoms with Gasteiger partial charge in [-0.2, -0.15) is 0 Å². The van der Waals surface area contributed by atoms with E-state index in [4.69, 9.17) is 0 Å². The molecule has 1 nitrogen and oxygen atoms in total. The van der Waals surface area contributed by atoms with Gasteiger partial charge in [-0.15, -0.1) is 0 Å². The van der Waals surface area contributed by atoms with Gasteiger partial charge in [0.2, 0.25) is 0 Å². The van der Waals surface area contributed by atoms with Crippen LogP contribution in [0.5, 0.6) is 0 Å². The lowest BCUT2D eigenvalue weighted by Crippen LogP contribution is -2.08. The zero-order chi connectivity index (χ0) is 12.3. The van der Waals surface area contributed by atoms with Crippen LogP contribution in [0.2, 0.25) is 0 Å². The van der Waals surface area contributed by atoms with Gasteiger partial charge < -0.3 is 4.90 Å². The average molecular weight is 225 g/mol. The number of nitrogens with zero attached hydrogens (tertiary/aromatic N) is 1. The molecular formula is C16H19N. The molecule has 0 heterocycles. The normalized spacial score (nSPS) is 10.3. The minimum Gasteiger partial charge on any atom is -0.378 e. The fourth-order valence-corrected chi connectivity index (χ4v) is 1.89. The second-order valence-electron chi connectivity index (χ2n) is 4.73. The fourth-order valence-electron chi connectivity index (χ4n) is 1.89. The van der Waals surface area contributed by atoms with E-state index in [1.165, 1.54) is 22.4 Å². The fraction of sp³-hybridized carbons (Fsp3) is 0.250. The lowest BCUT2D eigenvalue weighted by atomic mass is 10.0. The van der Waals surface area contributed by atoms with E-state index in [1.807, 2.05) is 0 Å². The molecule has 0 atom stereocenters. The van der Waals surface area contributed by atoms with E-state index in [9.17, 15) is 0 Å². The van der Waals surface area contributed by atoms with Crippen molar-refractivity contribution >= 4 is 5.69 Å². The smallest absolute Gasteiger partial charge is 0.0363 e. The summed E-state index contributed by atoms with van der Waals surface area (Å²) < 4.78 is 0. The third-order valence-electron chi connectivity index (χ3n) is 2.96. The van der Waals surface area contributed by atoms with E-state index in [0.29, 0.717) is 0 Å². The Labute approximate surface area is 104 Å². The van der Waals surface area contributed by atoms with E-state index in [-0.39, 0.29) is 0 Å². The van der Waals surface area contributed by atoms with E-state index >= 15 is 0 Å². The Morgan fingerprint density at radius 3 is 2.24 bits per heavy atom. The van der Waals surface area contributed by atoms with Crippen molar-refractivity contribution in [2.45, 2.75) is 13.3 Å². The van der Waals surface area contributed by atoms with Gasteiger partial charge in [0.1, 0.15) is 0 Å². The summed E-state index contributed by atoms with van der Waals surface area (Å²) in [5, 5.41) is 0. The van der Waals surface area contributed by atoms with Crippen molar-refractivity contribution in [3.05, 3.63) is 65.2 Å². The zero-order valence-electron chi connectivity index (χ0n) is 10.8. The maximum Gasteiger partial charge on any atom is 0.0363 e. The molecule has 0 saturated heterocycles. The number of aryl methyl sites for hydroxylation is 1. The van der Waals surface area contributed by atoms with Gasteiger partial charge >= 0.3 is 0 Å². The van der Waals surface area contributed by atoms with Crippen LogP contribution in [0.15, 0.2) is 48.5 Å². The van der Waals surface area contributed by atoms with Gasteiger partial charge in [0.25, 0.3) is 0 Å². The van der Waals surface area contributed by atoms with Gasteiger partial charge in [-0.3, -0.25) is 0 Å². The van der Waals surface area contributed by atoms with Gasteiger partial charge in [0.15, 0.2) is 0 Å². The van der Waals surface area contributed by atoms with Crippen molar-refractivity contribution < 1.29 is 0 Å². The van der Waals surface area contributed by atoms with Crippen LogP contribution >= 0.6 is 0 Å². The second-order valence-corrected chi connectivity index (χ2v) is 4.73. The quantitative estimate of drug-likeness (QED) is 0.770. The average Bonchev–Trinajstić information content (AvgIpc) is 2.32. The molecule has 0 aromatic heterocycles. The molecule has 1 heteroatoms. The first-order chi connectivity index (χ1) is 8.15. The Morgan fingerprint density at radius 2 is 1.59 bits per heavy atom. The monoisotopic (exact) mass is 225 g/mol. The van der Waals surface area contributed by atoms with Gasteiger partial charge in [0.05, 0.1) is 0 Å². The number of rotatable bonds is 3. The van der Waals surface area contributed by atoms with Crippen molar-refractivity contribution in [2.24, 2.45) is 0 Å². The van der Waals surface area contributed by atoms with Crippen LogP contribution < -0.4 is 4.90 Å². The molecule has 0 fully saturated rings. The first-order valence-corrected chi connectivity index (χ1v) is 5.97. The summed E-state index contributed by atoms with van der Waals surface area (Å²) in [6, 6.07) is 17.5. The lowest BCUT2D eigenvalue weighted by Gasteiger charge is -2.13. The van der Waals surface area contributed by atoms with Gasteiger partial charge in [0, 0.05) is 19.8 Å². The first kappa shape index (κ1) is 11.7. The van der Waals surface area contributed by atoms with Crippen LogP contribution in [-0.4, -0.2) is 14.1 Å². The molecule has 0 N–H and O–H groups in total. The summed E-state index contributed by atoms with van der Waals surface area (Å²) in [5.41, 5.74) is 5.30. The van der Waals surface area contributed by atoms with E-state index in [0.717, 1.165) is 6.42 Å². The molecule has 0 radical (unpaired) electrons. The molecule has 0 aliphatic heterocycles. The number of anilines is 1. The summed E-state index contributed by atoms with van der Waals surface area (Å²) >= 11 is 0. The highest BCUT2D eigenvalue weighted by molar-refractivity contribution is 5.48. The first-order valence-electron chi connectivity index (χ1n) is 5.97. The molecule has 0 spiro atoms. The summed E-state index contributed by atoms with van der Waals surface area (Å²) in [6.07, 6.45) is 1.00. The number of hydrogen-bond acceptors (Lipinski definition) is 1. The molecule has 0 bridgehead atoms. The Hall–Kier alpha value is -1.76.